The Balaban J connectivity index is 0.000000184. The Morgan fingerprint density at radius 1 is 1.46 bits per heavy atom. The second-order valence-corrected chi connectivity index (χ2v) is 4.26. The number of rotatable bonds is 0. The van der Waals surface area contributed by atoms with Gasteiger partial charge in [0, 0.05) is 0 Å². The van der Waals surface area contributed by atoms with Gasteiger partial charge in [-0.1, -0.05) is 29.4 Å². The summed E-state index contributed by atoms with van der Waals surface area (Å²) in [6.07, 6.45) is 9.77. The third-order valence-corrected chi connectivity index (χ3v) is 2.52. The van der Waals surface area contributed by atoms with E-state index >= 15 is 0 Å². The number of allylic oxidation sites excluding steroid dienone is 5. The van der Waals surface area contributed by atoms with Crippen LogP contribution >= 0.6 is 0 Å². The molecule has 0 radical (unpaired) electrons. The highest BCUT2D eigenvalue weighted by Gasteiger charge is 2.29. The summed E-state index contributed by atoms with van der Waals surface area (Å²) in [4.78, 5) is 0. The van der Waals surface area contributed by atoms with Crippen LogP contribution in [0.4, 0.5) is 0 Å². The van der Waals surface area contributed by atoms with E-state index in [0.29, 0.717) is 0 Å². The Morgan fingerprint density at radius 2 is 2.08 bits per heavy atom. The van der Waals surface area contributed by atoms with Crippen LogP contribution in [0.5, 0.6) is 0 Å². The summed E-state index contributed by atoms with van der Waals surface area (Å²) in [7, 11) is 0. The zero-order chi connectivity index (χ0) is 9.84. The predicted molar refractivity (Wildman–Crippen MR) is 59.6 cm³/mol. The molecule has 0 amide bonds. The van der Waals surface area contributed by atoms with E-state index in [1.54, 1.807) is 5.57 Å². The van der Waals surface area contributed by atoms with Gasteiger partial charge >= 0.3 is 0 Å². The Kier molecular flexibility index (Phi) is 3.53. The van der Waals surface area contributed by atoms with Crippen LogP contribution in [0.15, 0.2) is 36.0 Å². The molecule has 2 atom stereocenters. The van der Waals surface area contributed by atoms with E-state index in [1.807, 2.05) is 13.8 Å². The van der Waals surface area contributed by atoms with Crippen LogP contribution in [0.2, 0.25) is 0 Å². The molecule has 72 valence electrons. The van der Waals surface area contributed by atoms with Crippen molar-refractivity contribution < 1.29 is 0 Å². The number of hydrogen-bond acceptors (Lipinski definition) is 0. The summed E-state index contributed by atoms with van der Waals surface area (Å²) >= 11 is 0. The zero-order valence-electron chi connectivity index (χ0n) is 9.01. The second-order valence-electron chi connectivity index (χ2n) is 4.26. The van der Waals surface area contributed by atoms with Gasteiger partial charge in [0.05, 0.1) is 0 Å². The minimum Gasteiger partial charge on any atom is -0.100 e. The molecule has 0 N–H and O–H groups in total. The van der Waals surface area contributed by atoms with Crippen LogP contribution < -0.4 is 0 Å². The van der Waals surface area contributed by atoms with Gasteiger partial charge in [0.25, 0.3) is 0 Å². The maximum atomic E-state index is 3.56. The fourth-order valence-corrected chi connectivity index (χ4v) is 1.99. The largest absolute Gasteiger partial charge is 0.100 e. The van der Waals surface area contributed by atoms with Gasteiger partial charge in [-0.05, 0) is 45.4 Å². The second kappa shape index (κ2) is 4.45. The third kappa shape index (κ3) is 2.87. The molecule has 1 fully saturated rings. The molecule has 2 rings (SSSR count). The van der Waals surface area contributed by atoms with E-state index in [9.17, 15) is 0 Å². The van der Waals surface area contributed by atoms with Crippen LogP contribution in [0.1, 0.15) is 33.6 Å². The van der Waals surface area contributed by atoms with Crippen molar-refractivity contribution in [3.63, 3.8) is 0 Å². The van der Waals surface area contributed by atoms with Crippen LogP contribution in [0.25, 0.3) is 0 Å². The first-order chi connectivity index (χ1) is 6.13. The maximum absolute atomic E-state index is 3.56. The molecule has 0 nitrogen and oxygen atoms in total. The van der Waals surface area contributed by atoms with Gasteiger partial charge in [0.1, 0.15) is 0 Å². The van der Waals surface area contributed by atoms with Crippen molar-refractivity contribution in [2.24, 2.45) is 11.8 Å². The van der Waals surface area contributed by atoms with Gasteiger partial charge in [-0.25, -0.2) is 0 Å². The van der Waals surface area contributed by atoms with E-state index in [1.165, 1.54) is 18.4 Å². The lowest BCUT2D eigenvalue weighted by atomic mass is 10.0. The maximum Gasteiger partial charge on any atom is -0.00174 e. The molecule has 0 aliphatic heterocycles. The normalized spacial score (nSPS) is 31.8. The molecule has 13 heavy (non-hydrogen) atoms. The lowest BCUT2D eigenvalue weighted by Gasteiger charge is -2.05. The molecule has 2 bridgehead atoms. The molecule has 2 aliphatic rings. The average Bonchev–Trinajstić information content (AvgIpc) is 2.62. The minimum atomic E-state index is 0.833. The van der Waals surface area contributed by atoms with E-state index in [0.717, 1.165) is 11.8 Å². The highest BCUT2D eigenvalue weighted by molar-refractivity contribution is 5.26. The molecule has 0 aromatic carbocycles. The van der Waals surface area contributed by atoms with Crippen molar-refractivity contribution >= 4 is 0 Å². The molecule has 2 unspecified atom stereocenters. The van der Waals surface area contributed by atoms with Crippen LogP contribution in [0.3, 0.4) is 0 Å². The Hall–Kier alpha value is -0.780. The van der Waals surface area contributed by atoms with Gasteiger partial charge in [-0.3, -0.25) is 0 Å². The van der Waals surface area contributed by atoms with Crippen LogP contribution in [0, 0.1) is 11.8 Å². The van der Waals surface area contributed by atoms with Crippen LogP contribution in [-0.2, 0) is 0 Å². The van der Waals surface area contributed by atoms with Gasteiger partial charge in [0.2, 0.25) is 0 Å². The predicted octanol–water partition coefficient (Wildman–Crippen LogP) is 4.11. The first-order valence-electron chi connectivity index (χ1n) is 5.09. The van der Waals surface area contributed by atoms with E-state index in [4.69, 9.17) is 0 Å². The first-order valence-corrected chi connectivity index (χ1v) is 5.09. The molecule has 1 saturated carbocycles. The fourth-order valence-electron chi connectivity index (χ4n) is 1.99. The summed E-state index contributed by atoms with van der Waals surface area (Å²) in [6, 6.07) is 0. The Bertz CT molecular complexity index is 239. The molecule has 2 aliphatic carbocycles. The lowest BCUT2D eigenvalue weighted by molar-refractivity contribution is 0.693. The molecule has 0 saturated heterocycles. The molecule has 0 aromatic rings. The van der Waals surface area contributed by atoms with Gasteiger partial charge < -0.3 is 0 Å². The van der Waals surface area contributed by atoms with E-state index < -0.39 is 0 Å². The quantitative estimate of drug-likeness (QED) is 0.487. The molecule has 0 spiro atoms. The van der Waals surface area contributed by atoms with Gasteiger partial charge in [0.15, 0.2) is 0 Å². The summed E-state index contributed by atoms with van der Waals surface area (Å²) in [5.74, 6) is 1.74. The van der Waals surface area contributed by atoms with Crippen molar-refractivity contribution in [1.82, 2.24) is 0 Å². The van der Waals surface area contributed by atoms with Crippen molar-refractivity contribution in [2.45, 2.75) is 33.6 Å². The smallest absolute Gasteiger partial charge is 0.00174 e. The molecule has 0 aromatic heterocycles. The minimum absolute atomic E-state index is 0.833. The molecule has 0 heteroatoms. The van der Waals surface area contributed by atoms with Crippen LogP contribution in [-0.4, -0.2) is 0 Å². The Labute approximate surface area is 82.0 Å². The summed E-state index contributed by atoms with van der Waals surface area (Å²) in [5.41, 5.74) is 2.84. The fraction of sp³-hybridized carbons (Fsp3) is 0.538. The van der Waals surface area contributed by atoms with E-state index in [2.05, 4.69) is 31.7 Å². The van der Waals surface area contributed by atoms with Gasteiger partial charge in [-0.15, -0.1) is 6.58 Å². The monoisotopic (exact) mass is 176 g/mol. The third-order valence-electron chi connectivity index (χ3n) is 2.52. The SMILES string of the molecule is C=C(C)C.CC=C1CC2C=CC1C2. The Morgan fingerprint density at radius 3 is 2.31 bits per heavy atom. The van der Waals surface area contributed by atoms with Crippen molar-refractivity contribution in [2.75, 3.05) is 0 Å². The van der Waals surface area contributed by atoms with Crippen molar-refractivity contribution in [1.29, 1.82) is 0 Å². The average molecular weight is 176 g/mol. The highest BCUT2D eigenvalue weighted by atomic mass is 14.3. The van der Waals surface area contributed by atoms with Gasteiger partial charge in [-0.2, -0.15) is 0 Å². The topological polar surface area (TPSA) is 0 Å². The first kappa shape index (κ1) is 10.3. The lowest BCUT2D eigenvalue weighted by Crippen LogP contribution is -1.90. The molecule has 0 heterocycles. The standard InChI is InChI=1S/C9H12.C4H8/c1-2-8-5-7-3-4-9(8)6-7;1-4(2)3/h2-4,7,9H,5-6H2,1H3;1H2,2-3H3. The number of hydrogen-bond donors (Lipinski definition) is 0. The van der Waals surface area contributed by atoms with Crippen molar-refractivity contribution in [3.05, 3.63) is 36.0 Å². The highest BCUT2D eigenvalue weighted by Crippen LogP contribution is 2.42. The molecular weight excluding hydrogens is 156 g/mol. The zero-order valence-corrected chi connectivity index (χ0v) is 9.01. The summed E-state index contributed by atoms with van der Waals surface area (Å²) in [5, 5.41) is 0. The summed E-state index contributed by atoms with van der Waals surface area (Å²) in [6.45, 7) is 9.66. The molecular formula is C13H20. The van der Waals surface area contributed by atoms with E-state index in [-0.39, 0.29) is 0 Å². The summed E-state index contributed by atoms with van der Waals surface area (Å²) < 4.78 is 0. The van der Waals surface area contributed by atoms with Crippen molar-refractivity contribution in [3.8, 4) is 0 Å². The number of fused-ring (bicyclic) bond motifs is 2.